The normalized spacial score (nSPS) is 38.7. The molecule has 0 fully saturated rings. The van der Waals surface area contributed by atoms with Gasteiger partial charge in [0.25, 0.3) is 0 Å². The fraction of sp³-hybridized carbons (Fsp3) is 0.714. The minimum absolute atomic E-state index is 0.370. The molecule has 96 valence electrons. The van der Waals surface area contributed by atoms with E-state index in [1.165, 1.54) is 12.8 Å². The second-order valence-corrected chi connectivity index (χ2v) is 6.70. The zero-order valence-corrected chi connectivity index (χ0v) is 11.2. The molecule has 17 heavy (non-hydrogen) atoms. The van der Waals surface area contributed by atoms with Gasteiger partial charge < -0.3 is 11.5 Å². The van der Waals surface area contributed by atoms with E-state index in [0.29, 0.717) is 22.6 Å². The number of hydrogen-bond acceptors (Lipinski definition) is 3. The maximum absolute atomic E-state index is 5.98. The Labute approximate surface area is 109 Å². The van der Waals surface area contributed by atoms with Gasteiger partial charge in [0, 0.05) is 22.6 Å². The van der Waals surface area contributed by atoms with Crippen molar-refractivity contribution in [2.75, 3.05) is 0 Å². The van der Waals surface area contributed by atoms with Gasteiger partial charge in [-0.25, -0.2) is 0 Å². The summed E-state index contributed by atoms with van der Waals surface area (Å²) in [6.07, 6.45) is 16.1. The minimum Gasteiger partial charge on any atom is -0.327 e. The highest BCUT2D eigenvalue weighted by atomic mass is 32.2. The monoisotopic (exact) mass is 252 g/mol. The molecule has 0 radical (unpaired) electrons. The van der Waals surface area contributed by atoms with Crippen LogP contribution in [0.3, 0.4) is 0 Å². The zero-order valence-electron chi connectivity index (χ0n) is 10.4. The Morgan fingerprint density at radius 1 is 0.765 bits per heavy atom. The van der Waals surface area contributed by atoms with Crippen molar-refractivity contribution in [1.29, 1.82) is 0 Å². The summed E-state index contributed by atoms with van der Waals surface area (Å²) in [6.45, 7) is 0. The third-order valence-electron chi connectivity index (χ3n) is 3.57. The Bertz CT molecular complexity index is 260. The number of rotatable bonds is 2. The topological polar surface area (TPSA) is 52.0 Å². The van der Waals surface area contributed by atoms with Crippen LogP contribution in [0.15, 0.2) is 24.3 Å². The van der Waals surface area contributed by atoms with Crippen LogP contribution in [0.2, 0.25) is 0 Å². The van der Waals surface area contributed by atoms with Crippen LogP contribution in [0.25, 0.3) is 0 Å². The smallest absolute Gasteiger partial charge is 0.0233 e. The lowest BCUT2D eigenvalue weighted by Gasteiger charge is -2.18. The predicted molar refractivity (Wildman–Crippen MR) is 77.1 cm³/mol. The molecule has 0 aromatic rings. The van der Waals surface area contributed by atoms with Crippen LogP contribution in [0.4, 0.5) is 0 Å². The molecular weight excluding hydrogens is 228 g/mol. The van der Waals surface area contributed by atoms with Gasteiger partial charge in [0.1, 0.15) is 0 Å². The van der Waals surface area contributed by atoms with Crippen LogP contribution >= 0.6 is 11.8 Å². The SMILES string of the molecule is NC1CC=CC(SC2C=CCC(N)CC2)CC1. The Balaban J connectivity index is 1.83. The van der Waals surface area contributed by atoms with Gasteiger partial charge in [0.05, 0.1) is 0 Å². The molecule has 2 aliphatic carbocycles. The lowest BCUT2D eigenvalue weighted by atomic mass is 10.1. The molecule has 0 saturated heterocycles. The van der Waals surface area contributed by atoms with E-state index in [4.69, 9.17) is 11.5 Å². The van der Waals surface area contributed by atoms with Gasteiger partial charge in [-0.3, -0.25) is 0 Å². The van der Waals surface area contributed by atoms with Crippen molar-refractivity contribution in [3.8, 4) is 0 Å². The highest BCUT2D eigenvalue weighted by Gasteiger charge is 2.18. The van der Waals surface area contributed by atoms with Gasteiger partial charge in [0.2, 0.25) is 0 Å². The molecular formula is C14H24N2S. The molecule has 0 spiro atoms. The van der Waals surface area contributed by atoms with E-state index in [9.17, 15) is 0 Å². The molecule has 0 heterocycles. The fourth-order valence-corrected chi connectivity index (χ4v) is 3.84. The Morgan fingerprint density at radius 2 is 1.24 bits per heavy atom. The van der Waals surface area contributed by atoms with Crippen molar-refractivity contribution in [3.05, 3.63) is 24.3 Å². The average Bonchev–Trinajstić information content (AvgIpc) is 2.62. The van der Waals surface area contributed by atoms with Crippen molar-refractivity contribution >= 4 is 11.8 Å². The summed E-state index contributed by atoms with van der Waals surface area (Å²) >= 11 is 2.09. The molecule has 0 aromatic carbocycles. The quantitative estimate of drug-likeness (QED) is 0.743. The highest BCUT2D eigenvalue weighted by molar-refractivity contribution is 8.00. The lowest BCUT2D eigenvalue weighted by Crippen LogP contribution is -2.19. The number of thioether (sulfide) groups is 1. The molecule has 0 saturated carbocycles. The van der Waals surface area contributed by atoms with Crippen LogP contribution in [-0.2, 0) is 0 Å². The first-order valence-corrected chi connectivity index (χ1v) is 7.68. The zero-order chi connectivity index (χ0) is 12.1. The molecule has 2 nitrogen and oxygen atoms in total. The molecule has 0 aliphatic heterocycles. The van der Waals surface area contributed by atoms with Gasteiger partial charge in [-0.1, -0.05) is 24.3 Å². The summed E-state index contributed by atoms with van der Waals surface area (Å²) in [5, 5.41) is 1.29. The minimum atomic E-state index is 0.370. The summed E-state index contributed by atoms with van der Waals surface area (Å²) in [5.74, 6) is 0. The maximum Gasteiger partial charge on any atom is 0.0233 e. The van der Waals surface area contributed by atoms with E-state index in [2.05, 4.69) is 36.1 Å². The van der Waals surface area contributed by atoms with E-state index in [-0.39, 0.29) is 0 Å². The fourth-order valence-electron chi connectivity index (χ4n) is 2.45. The number of hydrogen-bond donors (Lipinski definition) is 2. The van der Waals surface area contributed by atoms with E-state index in [0.717, 1.165) is 25.7 Å². The van der Waals surface area contributed by atoms with Gasteiger partial charge in [-0.05, 0) is 38.5 Å². The first-order valence-electron chi connectivity index (χ1n) is 6.74. The Hall–Kier alpha value is -0.250. The van der Waals surface area contributed by atoms with Crippen LogP contribution in [0, 0.1) is 0 Å². The van der Waals surface area contributed by atoms with E-state index >= 15 is 0 Å². The standard InChI is InChI=1S/C14H24N2S/c15-11-3-1-5-13(9-7-11)17-14-6-2-4-12(16)8-10-14/h1-2,5-6,11-14H,3-4,7-10,15-16H2. The summed E-state index contributed by atoms with van der Waals surface area (Å²) in [7, 11) is 0. The third-order valence-corrected chi connectivity index (χ3v) is 5.06. The predicted octanol–water partition coefficient (Wildman–Crippen LogP) is 2.59. The lowest BCUT2D eigenvalue weighted by molar-refractivity contribution is 0.605. The molecule has 0 bridgehead atoms. The second kappa shape index (κ2) is 6.62. The van der Waals surface area contributed by atoms with Gasteiger partial charge in [0.15, 0.2) is 0 Å². The highest BCUT2D eigenvalue weighted by Crippen LogP contribution is 2.30. The second-order valence-electron chi connectivity index (χ2n) is 5.22. The van der Waals surface area contributed by atoms with Gasteiger partial charge in [-0.15, -0.1) is 11.8 Å². The van der Waals surface area contributed by atoms with Crippen molar-refractivity contribution < 1.29 is 0 Å². The maximum atomic E-state index is 5.98. The third kappa shape index (κ3) is 4.49. The van der Waals surface area contributed by atoms with E-state index in [1.807, 2.05) is 0 Å². The van der Waals surface area contributed by atoms with Crippen molar-refractivity contribution in [2.45, 2.75) is 61.1 Å². The summed E-state index contributed by atoms with van der Waals surface area (Å²) in [5.41, 5.74) is 12.0. The molecule has 0 amide bonds. The molecule has 2 rings (SSSR count). The van der Waals surface area contributed by atoms with Crippen LogP contribution in [0.5, 0.6) is 0 Å². The van der Waals surface area contributed by atoms with Gasteiger partial charge in [-0.2, -0.15) is 0 Å². The largest absolute Gasteiger partial charge is 0.327 e. The van der Waals surface area contributed by atoms with Crippen LogP contribution in [-0.4, -0.2) is 22.6 Å². The van der Waals surface area contributed by atoms with E-state index in [1.54, 1.807) is 0 Å². The molecule has 3 heteroatoms. The summed E-state index contributed by atoms with van der Waals surface area (Å²) in [6, 6.07) is 0.741. The summed E-state index contributed by atoms with van der Waals surface area (Å²) < 4.78 is 0. The Kier molecular flexibility index (Phi) is 5.14. The van der Waals surface area contributed by atoms with Crippen molar-refractivity contribution in [3.63, 3.8) is 0 Å². The first kappa shape index (κ1) is 13.2. The molecule has 4 N–H and O–H groups in total. The van der Waals surface area contributed by atoms with Crippen LogP contribution in [0.1, 0.15) is 38.5 Å². The van der Waals surface area contributed by atoms with E-state index < -0.39 is 0 Å². The van der Waals surface area contributed by atoms with Gasteiger partial charge >= 0.3 is 0 Å². The Morgan fingerprint density at radius 3 is 1.71 bits per heavy atom. The van der Waals surface area contributed by atoms with Crippen molar-refractivity contribution in [1.82, 2.24) is 0 Å². The molecule has 4 atom stereocenters. The molecule has 4 unspecified atom stereocenters. The summed E-state index contributed by atoms with van der Waals surface area (Å²) in [4.78, 5) is 0. The average molecular weight is 252 g/mol. The first-order chi connectivity index (χ1) is 8.24. The number of nitrogens with two attached hydrogens (primary N) is 2. The molecule has 2 aliphatic rings. The van der Waals surface area contributed by atoms with Crippen LogP contribution < -0.4 is 11.5 Å². The van der Waals surface area contributed by atoms with Crippen molar-refractivity contribution in [2.24, 2.45) is 11.5 Å². The molecule has 0 aromatic heterocycles.